The van der Waals surface area contributed by atoms with E-state index < -0.39 is 11.6 Å². The first-order valence-corrected chi connectivity index (χ1v) is 4.47. The molecule has 1 aromatic heterocycles. The van der Waals surface area contributed by atoms with E-state index in [9.17, 15) is 14.7 Å². The van der Waals surface area contributed by atoms with Gasteiger partial charge in [0.2, 0.25) is 5.78 Å². The molecule has 2 rings (SSSR count). The number of aliphatic hydroxyl groups excluding tert-OH is 1. The molecule has 0 bridgehead atoms. The summed E-state index contributed by atoms with van der Waals surface area (Å²) in [6.07, 6.45) is 0. The first kappa shape index (κ1) is 9.64. The van der Waals surface area contributed by atoms with Crippen LogP contribution in [0.5, 0.6) is 0 Å². The predicted molar refractivity (Wildman–Crippen MR) is 52.5 cm³/mol. The number of hydrogen-bond donors (Lipinski definition) is 1. The van der Waals surface area contributed by atoms with Crippen molar-refractivity contribution in [2.75, 3.05) is 0 Å². The van der Waals surface area contributed by atoms with E-state index in [-0.39, 0.29) is 17.0 Å². The molecule has 78 valence electrons. The molecular weight excluding hydrogens is 196 g/mol. The summed E-state index contributed by atoms with van der Waals surface area (Å²) in [6.45, 7) is 3.14. The highest BCUT2D eigenvalue weighted by Crippen LogP contribution is 2.27. The van der Waals surface area contributed by atoms with E-state index in [1.165, 1.54) is 6.92 Å². The third kappa shape index (κ3) is 1.06. The molecular formula is C10H10N2O3. The third-order valence-electron chi connectivity index (χ3n) is 2.66. The number of ketones is 2. The van der Waals surface area contributed by atoms with Crippen molar-refractivity contribution in [1.29, 1.82) is 0 Å². The second-order valence-corrected chi connectivity index (χ2v) is 3.55. The predicted octanol–water partition coefficient (Wildman–Crippen LogP) is 0.783. The van der Waals surface area contributed by atoms with Gasteiger partial charge in [0, 0.05) is 12.6 Å². The molecule has 1 aliphatic carbocycles. The third-order valence-corrected chi connectivity index (χ3v) is 2.66. The van der Waals surface area contributed by atoms with Gasteiger partial charge in [-0.3, -0.25) is 9.59 Å². The van der Waals surface area contributed by atoms with E-state index in [4.69, 9.17) is 0 Å². The van der Waals surface area contributed by atoms with Crippen LogP contribution in [0.4, 0.5) is 0 Å². The lowest BCUT2D eigenvalue weighted by Crippen LogP contribution is -2.23. The zero-order valence-corrected chi connectivity index (χ0v) is 8.66. The molecule has 0 unspecified atom stereocenters. The van der Waals surface area contributed by atoms with Gasteiger partial charge in [0.1, 0.15) is 23.0 Å². The summed E-state index contributed by atoms with van der Waals surface area (Å²) in [5.41, 5.74) is 0.452. The SMILES string of the molecule is CC1=C(O)c2c(nc(C)n2C)C(=O)C1=O. The Morgan fingerprint density at radius 3 is 2.40 bits per heavy atom. The lowest BCUT2D eigenvalue weighted by Gasteiger charge is -2.12. The fourth-order valence-corrected chi connectivity index (χ4v) is 1.60. The molecule has 0 saturated heterocycles. The highest BCUT2D eigenvalue weighted by atomic mass is 16.3. The van der Waals surface area contributed by atoms with E-state index in [2.05, 4.69) is 4.98 Å². The van der Waals surface area contributed by atoms with Crippen LogP contribution in [0.1, 0.15) is 28.9 Å². The standard InChI is InChI=1S/C10H10N2O3/c1-4-8(13)7-6(10(15)9(4)14)11-5(2)12(7)3/h13H,1-3H3. The summed E-state index contributed by atoms with van der Waals surface area (Å²) in [5, 5.41) is 9.76. The van der Waals surface area contributed by atoms with Crippen molar-refractivity contribution in [3.63, 3.8) is 0 Å². The van der Waals surface area contributed by atoms with Crippen molar-refractivity contribution in [2.45, 2.75) is 13.8 Å². The summed E-state index contributed by atoms with van der Waals surface area (Å²) in [4.78, 5) is 26.9. The molecule has 5 nitrogen and oxygen atoms in total. The van der Waals surface area contributed by atoms with Gasteiger partial charge in [0.05, 0.1) is 0 Å². The number of aromatic nitrogens is 2. The molecule has 1 aromatic rings. The number of imidazole rings is 1. The number of aryl methyl sites for hydroxylation is 1. The number of nitrogens with zero attached hydrogens (tertiary/aromatic N) is 2. The fourth-order valence-electron chi connectivity index (χ4n) is 1.60. The maximum Gasteiger partial charge on any atom is 0.253 e. The van der Waals surface area contributed by atoms with Gasteiger partial charge in [-0.2, -0.15) is 0 Å². The molecule has 1 heterocycles. The molecule has 1 aliphatic rings. The first-order chi connectivity index (χ1) is 6.95. The average Bonchev–Trinajstić information content (AvgIpc) is 2.50. The number of aliphatic hydroxyl groups is 1. The topological polar surface area (TPSA) is 72.2 Å². The Kier molecular flexibility index (Phi) is 1.79. The molecule has 0 amide bonds. The Morgan fingerprint density at radius 1 is 1.20 bits per heavy atom. The Balaban J connectivity index is 2.84. The van der Waals surface area contributed by atoms with E-state index in [0.29, 0.717) is 11.5 Å². The largest absolute Gasteiger partial charge is 0.505 e. The van der Waals surface area contributed by atoms with Gasteiger partial charge in [0.25, 0.3) is 5.78 Å². The minimum Gasteiger partial charge on any atom is -0.505 e. The fraction of sp³-hybridized carbons (Fsp3) is 0.300. The molecule has 0 radical (unpaired) electrons. The van der Waals surface area contributed by atoms with Crippen LogP contribution < -0.4 is 0 Å². The quantitative estimate of drug-likeness (QED) is 0.637. The molecule has 0 fully saturated rings. The number of hydrogen-bond acceptors (Lipinski definition) is 4. The zero-order chi connectivity index (χ0) is 11.3. The van der Waals surface area contributed by atoms with Gasteiger partial charge < -0.3 is 9.67 Å². The number of rotatable bonds is 0. The van der Waals surface area contributed by atoms with Crippen LogP contribution in [0.3, 0.4) is 0 Å². The van der Waals surface area contributed by atoms with Gasteiger partial charge in [-0.1, -0.05) is 0 Å². The van der Waals surface area contributed by atoms with Gasteiger partial charge in [-0.25, -0.2) is 4.98 Å². The van der Waals surface area contributed by atoms with E-state index >= 15 is 0 Å². The van der Waals surface area contributed by atoms with E-state index in [1.54, 1.807) is 18.5 Å². The Morgan fingerprint density at radius 2 is 1.80 bits per heavy atom. The minimum atomic E-state index is -0.682. The lowest BCUT2D eigenvalue weighted by molar-refractivity contribution is -0.111. The number of carbonyl (C=O) groups is 2. The van der Waals surface area contributed by atoms with Crippen LogP contribution in [0.15, 0.2) is 5.57 Å². The van der Waals surface area contributed by atoms with Crippen LogP contribution in [-0.4, -0.2) is 26.2 Å². The van der Waals surface area contributed by atoms with Gasteiger partial charge in [0.15, 0.2) is 0 Å². The molecule has 0 spiro atoms. The highest BCUT2D eigenvalue weighted by molar-refractivity contribution is 6.51. The van der Waals surface area contributed by atoms with Crippen molar-refractivity contribution < 1.29 is 14.7 Å². The van der Waals surface area contributed by atoms with Crippen LogP contribution in [0, 0.1) is 6.92 Å². The molecule has 0 saturated carbocycles. The monoisotopic (exact) mass is 206 g/mol. The van der Waals surface area contributed by atoms with E-state index in [1.807, 2.05) is 0 Å². The Hall–Kier alpha value is -1.91. The highest BCUT2D eigenvalue weighted by Gasteiger charge is 2.34. The summed E-state index contributed by atoms with van der Waals surface area (Å²) >= 11 is 0. The van der Waals surface area contributed by atoms with Crippen molar-refractivity contribution in [3.8, 4) is 0 Å². The first-order valence-electron chi connectivity index (χ1n) is 4.47. The second kappa shape index (κ2) is 2.79. The Labute approximate surface area is 86.0 Å². The van der Waals surface area contributed by atoms with Gasteiger partial charge in [-0.15, -0.1) is 0 Å². The van der Waals surface area contributed by atoms with E-state index in [0.717, 1.165) is 0 Å². The number of carbonyl (C=O) groups excluding carboxylic acids is 2. The minimum absolute atomic E-state index is 0.0445. The molecule has 1 N–H and O–H groups in total. The number of allylic oxidation sites excluding steroid dienone is 1. The maximum absolute atomic E-state index is 11.6. The molecule has 15 heavy (non-hydrogen) atoms. The summed E-state index contributed by atoms with van der Waals surface area (Å²) in [5.74, 6) is -0.901. The molecule has 5 heteroatoms. The van der Waals surface area contributed by atoms with Crippen LogP contribution in [-0.2, 0) is 11.8 Å². The normalized spacial score (nSPS) is 15.9. The summed E-state index contributed by atoms with van der Waals surface area (Å²) in [7, 11) is 1.69. The summed E-state index contributed by atoms with van der Waals surface area (Å²) in [6, 6.07) is 0. The van der Waals surface area contributed by atoms with Crippen molar-refractivity contribution in [2.24, 2.45) is 7.05 Å². The summed E-state index contributed by atoms with van der Waals surface area (Å²) < 4.78 is 1.60. The number of Topliss-reactive ketones (excluding diaryl/α,β-unsaturated/α-hetero) is 2. The van der Waals surface area contributed by atoms with Crippen molar-refractivity contribution in [3.05, 3.63) is 22.8 Å². The maximum atomic E-state index is 11.6. The smallest absolute Gasteiger partial charge is 0.253 e. The van der Waals surface area contributed by atoms with Gasteiger partial charge in [-0.05, 0) is 13.8 Å². The van der Waals surface area contributed by atoms with Crippen molar-refractivity contribution >= 4 is 17.3 Å². The molecule has 0 atom stereocenters. The van der Waals surface area contributed by atoms with Crippen LogP contribution in [0.2, 0.25) is 0 Å². The number of fused-ring (bicyclic) bond motifs is 1. The average molecular weight is 206 g/mol. The van der Waals surface area contributed by atoms with Crippen molar-refractivity contribution in [1.82, 2.24) is 9.55 Å². The van der Waals surface area contributed by atoms with Crippen LogP contribution in [0.25, 0.3) is 5.76 Å². The molecule has 0 aliphatic heterocycles. The van der Waals surface area contributed by atoms with Crippen LogP contribution >= 0.6 is 0 Å². The second-order valence-electron chi connectivity index (χ2n) is 3.55. The van der Waals surface area contributed by atoms with Gasteiger partial charge >= 0.3 is 0 Å². The zero-order valence-electron chi connectivity index (χ0n) is 8.66. The molecule has 0 aromatic carbocycles. The lowest BCUT2D eigenvalue weighted by atomic mass is 9.97. The Bertz CT molecular complexity index is 523.